The average Bonchev–Trinajstić information content (AvgIpc) is 3.12. The summed E-state index contributed by atoms with van der Waals surface area (Å²) >= 11 is 0. The molecule has 0 radical (unpaired) electrons. The average molecular weight is 366 g/mol. The number of nitrogens with zero attached hydrogens (tertiary/aromatic N) is 1. The van der Waals surface area contributed by atoms with Crippen molar-refractivity contribution in [3.05, 3.63) is 76.6 Å². The van der Waals surface area contributed by atoms with E-state index in [0.29, 0.717) is 30.2 Å². The number of aromatic nitrogens is 1. The van der Waals surface area contributed by atoms with E-state index >= 15 is 0 Å². The van der Waals surface area contributed by atoms with Gasteiger partial charge in [-0.25, -0.2) is 9.37 Å². The molecule has 0 aliphatic rings. The van der Waals surface area contributed by atoms with Gasteiger partial charge in [-0.1, -0.05) is 24.3 Å². The maximum absolute atomic E-state index is 13.3. The number of amides is 1. The number of benzene rings is 2. The van der Waals surface area contributed by atoms with Gasteiger partial charge in [0.2, 0.25) is 5.91 Å². The van der Waals surface area contributed by atoms with Crippen molar-refractivity contribution in [2.75, 3.05) is 0 Å². The minimum absolute atomic E-state index is 0.0945. The number of oxazole rings is 1. The smallest absolute Gasteiger partial charge is 0.220 e. The van der Waals surface area contributed by atoms with Crippen LogP contribution in [0.2, 0.25) is 0 Å². The number of carbonyl (C=O) groups is 1. The van der Waals surface area contributed by atoms with Crippen molar-refractivity contribution < 1.29 is 13.6 Å². The summed E-state index contributed by atoms with van der Waals surface area (Å²) < 4.78 is 19.0. The van der Waals surface area contributed by atoms with Gasteiger partial charge in [0.1, 0.15) is 5.82 Å². The zero-order valence-electron chi connectivity index (χ0n) is 15.8. The molecule has 4 nitrogen and oxygen atoms in total. The largest absolute Gasteiger partial charge is 0.441 e. The van der Waals surface area contributed by atoms with Gasteiger partial charge in [-0.2, -0.15) is 0 Å². The molecule has 0 aliphatic heterocycles. The number of carbonyl (C=O) groups excluding carboxylic acids is 1. The van der Waals surface area contributed by atoms with E-state index in [-0.39, 0.29) is 18.1 Å². The SMILES string of the molecule is Cc1ccc(-c2cnc(CCC(=O)NCc3ccc(F)c(C)c3)o2)cc1C. The first-order chi connectivity index (χ1) is 12.9. The summed E-state index contributed by atoms with van der Waals surface area (Å²) in [6.45, 7) is 6.20. The highest BCUT2D eigenvalue weighted by Crippen LogP contribution is 2.23. The van der Waals surface area contributed by atoms with Crippen LogP contribution in [0.15, 0.2) is 47.0 Å². The molecule has 0 saturated carbocycles. The van der Waals surface area contributed by atoms with E-state index in [1.165, 1.54) is 17.2 Å². The van der Waals surface area contributed by atoms with Crippen molar-refractivity contribution in [2.45, 2.75) is 40.2 Å². The fourth-order valence-electron chi connectivity index (χ4n) is 2.78. The highest BCUT2D eigenvalue weighted by molar-refractivity contribution is 5.76. The van der Waals surface area contributed by atoms with Crippen LogP contribution in [0.1, 0.15) is 34.6 Å². The van der Waals surface area contributed by atoms with E-state index in [1.807, 2.05) is 6.07 Å². The summed E-state index contributed by atoms with van der Waals surface area (Å²) in [4.78, 5) is 16.3. The predicted octanol–water partition coefficient (Wildman–Crippen LogP) is 4.65. The van der Waals surface area contributed by atoms with E-state index in [2.05, 4.69) is 36.3 Å². The Morgan fingerprint density at radius 1 is 1.07 bits per heavy atom. The van der Waals surface area contributed by atoms with E-state index in [1.54, 1.807) is 25.3 Å². The van der Waals surface area contributed by atoms with Gasteiger partial charge in [-0.05, 0) is 55.2 Å². The molecule has 1 aromatic heterocycles. The van der Waals surface area contributed by atoms with Crippen LogP contribution in [0.4, 0.5) is 4.39 Å². The monoisotopic (exact) mass is 366 g/mol. The van der Waals surface area contributed by atoms with Crippen LogP contribution in [0.5, 0.6) is 0 Å². The summed E-state index contributed by atoms with van der Waals surface area (Å²) in [5.41, 5.74) is 4.84. The lowest BCUT2D eigenvalue weighted by atomic mass is 10.1. The third-order valence-corrected chi connectivity index (χ3v) is 4.62. The lowest BCUT2D eigenvalue weighted by molar-refractivity contribution is -0.121. The standard InChI is InChI=1S/C22H23FN2O2/c1-14-4-6-18(11-15(14)2)20-13-25-22(27-20)9-8-21(26)24-12-17-5-7-19(23)16(3)10-17/h4-7,10-11,13H,8-9,12H2,1-3H3,(H,24,26). The van der Waals surface area contributed by atoms with E-state index in [4.69, 9.17) is 4.42 Å². The zero-order valence-corrected chi connectivity index (χ0v) is 15.8. The second-order valence-electron chi connectivity index (χ2n) is 6.78. The predicted molar refractivity (Wildman–Crippen MR) is 103 cm³/mol. The number of halogens is 1. The first-order valence-corrected chi connectivity index (χ1v) is 8.96. The molecule has 0 fully saturated rings. The summed E-state index contributed by atoms with van der Waals surface area (Å²) in [6.07, 6.45) is 2.41. The second kappa shape index (κ2) is 8.16. The molecule has 3 aromatic rings. The third-order valence-electron chi connectivity index (χ3n) is 4.62. The minimum Gasteiger partial charge on any atom is -0.441 e. The Morgan fingerprint density at radius 2 is 1.89 bits per heavy atom. The molecule has 0 aliphatic carbocycles. The lowest BCUT2D eigenvalue weighted by Crippen LogP contribution is -2.23. The highest BCUT2D eigenvalue weighted by atomic mass is 19.1. The van der Waals surface area contributed by atoms with Gasteiger partial charge in [-0.15, -0.1) is 0 Å². The molecule has 1 amide bonds. The van der Waals surface area contributed by atoms with Crippen LogP contribution in [0.3, 0.4) is 0 Å². The van der Waals surface area contributed by atoms with Crippen LogP contribution >= 0.6 is 0 Å². The Labute approximate surface area is 158 Å². The van der Waals surface area contributed by atoms with Crippen molar-refractivity contribution in [3.63, 3.8) is 0 Å². The molecule has 0 spiro atoms. The molecule has 27 heavy (non-hydrogen) atoms. The molecule has 1 N–H and O–H groups in total. The summed E-state index contributed by atoms with van der Waals surface area (Å²) in [5.74, 6) is 0.905. The Hall–Kier alpha value is -2.95. The van der Waals surface area contributed by atoms with Gasteiger partial charge in [0.25, 0.3) is 0 Å². The van der Waals surface area contributed by atoms with Crippen LogP contribution in [-0.4, -0.2) is 10.9 Å². The molecule has 1 heterocycles. The molecule has 5 heteroatoms. The van der Waals surface area contributed by atoms with Crippen molar-refractivity contribution in [1.82, 2.24) is 10.3 Å². The number of hydrogen-bond acceptors (Lipinski definition) is 3. The molecule has 3 rings (SSSR count). The molecule has 0 bridgehead atoms. The maximum atomic E-state index is 13.3. The summed E-state index contributed by atoms with van der Waals surface area (Å²) in [7, 11) is 0. The molecule has 0 atom stereocenters. The zero-order chi connectivity index (χ0) is 19.4. The molecule has 2 aromatic carbocycles. The molecule has 0 unspecified atom stereocenters. The number of hydrogen-bond donors (Lipinski definition) is 1. The molecular weight excluding hydrogens is 343 g/mol. The molecular formula is C22H23FN2O2. The summed E-state index contributed by atoms with van der Waals surface area (Å²) in [5, 5.41) is 2.84. The van der Waals surface area contributed by atoms with Gasteiger partial charge in [0.05, 0.1) is 6.20 Å². The van der Waals surface area contributed by atoms with Crippen LogP contribution in [0, 0.1) is 26.6 Å². The van der Waals surface area contributed by atoms with Gasteiger partial charge >= 0.3 is 0 Å². The van der Waals surface area contributed by atoms with Crippen LogP contribution in [-0.2, 0) is 17.8 Å². The third kappa shape index (κ3) is 4.82. The van der Waals surface area contributed by atoms with Crippen LogP contribution < -0.4 is 5.32 Å². The van der Waals surface area contributed by atoms with Crippen molar-refractivity contribution in [2.24, 2.45) is 0 Å². The van der Waals surface area contributed by atoms with E-state index in [9.17, 15) is 9.18 Å². The van der Waals surface area contributed by atoms with Gasteiger partial charge in [-0.3, -0.25) is 4.79 Å². The second-order valence-corrected chi connectivity index (χ2v) is 6.78. The van der Waals surface area contributed by atoms with Gasteiger partial charge < -0.3 is 9.73 Å². The topological polar surface area (TPSA) is 55.1 Å². The van der Waals surface area contributed by atoms with E-state index < -0.39 is 0 Å². The minimum atomic E-state index is -0.242. The summed E-state index contributed by atoms with van der Waals surface area (Å²) in [6, 6.07) is 10.9. The highest BCUT2D eigenvalue weighted by Gasteiger charge is 2.10. The van der Waals surface area contributed by atoms with E-state index in [0.717, 1.165) is 11.1 Å². The van der Waals surface area contributed by atoms with Crippen molar-refractivity contribution >= 4 is 5.91 Å². The Bertz CT molecular complexity index is 963. The number of rotatable bonds is 6. The quantitative estimate of drug-likeness (QED) is 0.691. The lowest BCUT2D eigenvalue weighted by Gasteiger charge is -2.06. The van der Waals surface area contributed by atoms with Gasteiger partial charge in [0.15, 0.2) is 11.7 Å². The first kappa shape index (κ1) is 18.8. The molecule has 0 saturated heterocycles. The maximum Gasteiger partial charge on any atom is 0.220 e. The van der Waals surface area contributed by atoms with Crippen molar-refractivity contribution in [3.8, 4) is 11.3 Å². The number of nitrogens with one attached hydrogen (secondary N) is 1. The van der Waals surface area contributed by atoms with Crippen LogP contribution in [0.25, 0.3) is 11.3 Å². The van der Waals surface area contributed by atoms with Gasteiger partial charge in [0, 0.05) is 24.9 Å². The van der Waals surface area contributed by atoms with Crippen molar-refractivity contribution in [1.29, 1.82) is 0 Å². The number of aryl methyl sites for hydroxylation is 4. The molecule has 140 valence electrons. The fraction of sp³-hybridized carbons (Fsp3) is 0.273. The first-order valence-electron chi connectivity index (χ1n) is 8.96. The Morgan fingerprint density at radius 3 is 2.63 bits per heavy atom. The fourth-order valence-corrected chi connectivity index (χ4v) is 2.78. The Balaban J connectivity index is 1.52. The normalized spacial score (nSPS) is 10.8. The Kier molecular flexibility index (Phi) is 5.69.